The maximum atomic E-state index is 11.2. The van der Waals surface area contributed by atoms with Crippen LogP contribution in [-0.4, -0.2) is 12.3 Å². The molecule has 0 radical (unpaired) electrons. The van der Waals surface area contributed by atoms with Crippen molar-refractivity contribution in [2.75, 3.05) is 0 Å². The zero-order valence-electron chi connectivity index (χ0n) is 3.54. The maximum Gasteiger partial charge on any atom is 0.433 e. The molecule has 0 unspecified atom stereocenters. The third kappa shape index (κ3) is 1.78. The van der Waals surface area contributed by atoms with E-state index >= 15 is 0 Å². The summed E-state index contributed by atoms with van der Waals surface area (Å²) in [7, 11) is 0. The average Bonchev–Trinajstić information content (AvgIpc) is 1.62. The normalized spacial score (nSPS) is 14.9. The van der Waals surface area contributed by atoms with E-state index < -0.39 is 12.3 Å². The van der Waals surface area contributed by atoms with Gasteiger partial charge in [-0.3, -0.25) is 0 Å². The van der Waals surface area contributed by atoms with E-state index in [1.807, 2.05) is 0 Å². The Hall–Kier alpha value is -0.790. The third-order valence-corrected chi connectivity index (χ3v) is 0.401. The van der Waals surface area contributed by atoms with Gasteiger partial charge < -0.3 is 0 Å². The van der Waals surface area contributed by atoms with Crippen LogP contribution in [0.3, 0.4) is 0 Å². The molecule has 0 aliphatic rings. The molecule has 0 aromatic rings. The number of nitrogens with zero attached hydrogens (tertiary/aromatic N) is 1. The highest BCUT2D eigenvalue weighted by Crippen LogP contribution is 2.21. The summed E-state index contributed by atoms with van der Waals surface area (Å²) in [6.07, 6.45) is -8.36. The van der Waals surface area contributed by atoms with Crippen LogP contribution in [0.5, 0.6) is 0 Å². The van der Waals surface area contributed by atoms with E-state index in [-0.39, 0.29) is 0 Å². The Bertz CT molecular complexity index is 109. The van der Waals surface area contributed by atoms with Crippen molar-refractivity contribution in [1.82, 2.24) is 0 Å². The topological polar surface area (TPSA) is 23.8 Å². The van der Waals surface area contributed by atoms with Crippen LogP contribution >= 0.6 is 0 Å². The summed E-state index contributed by atoms with van der Waals surface area (Å²) < 4.78 is 43.7. The van der Waals surface area contributed by atoms with Crippen molar-refractivity contribution in [3.05, 3.63) is 0 Å². The fourth-order valence-electron chi connectivity index (χ4n) is 0.0732. The maximum absolute atomic E-state index is 11.2. The van der Waals surface area contributed by atoms with E-state index in [2.05, 4.69) is 0 Å². The van der Waals surface area contributed by atoms with Crippen LogP contribution in [0.4, 0.5) is 17.6 Å². The summed E-state index contributed by atoms with van der Waals surface area (Å²) in [6.45, 7) is 0. The predicted molar refractivity (Wildman–Crippen MR) is 16.6 cm³/mol. The van der Waals surface area contributed by atoms with Gasteiger partial charge in [0.1, 0.15) is 6.07 Å². The average molecular weight is 127 g/mol. The van der Waals surface area contributed by atoms with E-state index in [9.17, 15) is 17.6 Å². The number of hydrogen-bond acceptors (Lipinski definition) is 1. The van der Waals surface area contributed by atoms with Crippen LogP contribution in [0.2, 0.25) is 0 Å². The van der Waals surface area contributed by atoms with Gasteiger partial charge >= 0.3 is 6.18 Å². The Morgan fingerprint density at radius 1 is 1.38 bits per heavy atom. The molecule has 1 nitrogen and oxygen atoms in total. The minimum Gasteiger partial charge on any atom is -0.221 e. The summed E-state index contributed by atoms with van der Waals surface area (Å²) >= 11 is 0. The van der Waals surface area contributed by atoms with Gasteiger partial charge in [-0.1, -0.05) is 0 Å². The zero-order chi connectivity index (χ0) is 6.78. The molecule has 5 heteroatoms. The Kier molecular flexibility index (Phi) is 1.79. The van der Waals surface area contributed by atoms with Crippen LogP contribution in [0, 0.1) is 11.3 Å². The summed E-state index contributed by atoms with van der Waals surface area (Å²) in [5.41, 5.74) is 0. The van der Waals surface area contributed by atoms with Crippen molar-refractivity contribution < 1.29 is 17.6 Å². The summed E-state index contributed by atoms with van der Waals surface area (Å²) in [5.74, 6) is 0. The number of nitriles is 1. The highest BCUT2D eigenvalue weighted by atomic mass is 19.4. The third-order valence-electron chi connectivity index (χ3n) is 0.401. The van der Waals surface area contributed by atoms with Crippen LogP contribution in [-0.2, 0) is 0 Å². The van der Waals surface area contributed by atoms with Gasteiger partial charge in [-0.25, -0.2) is 4.39 Å². The molecule has 0 bridgehead atoms. The molecule has 0 amide bonds. The van der Waals surface area contributed by atoms with Gasteiger partial charge in [-0.05, 0) is 0 Å². The van der Waals surface area contributed by atoms with Gasteiger partial charge in [-0.2, -0.15) is 18.4 Å². The molecule has 1 atom stereocenters. The van der Waals surface area contributed by atoms with Gasteiger partial charge in [-0.15, -0.1) is 0 Å². The second-order valence-electron chi connectivity index (χ2n) is 1.03. The molecule has 0 aromatic carbocycles. The lowest BCUT2D eigenvalue weighted by Crippen LogP contribution is -2.21. The smallest absolute Gasteiger partial charge is 0.221 e. The fraction of sp³-hybridized carbons (Fsp3) is 0.667. The largest absolute Gasteiger partial charge is 0.433 e. The minimum atomic E-state index is -5.02. The van der Waals surface area contributed by atoms with Crippen LogP contribution < -0.4 is 0 Å². The summed E-state index contributed by atoms with van der Waals surface area (Å²) in [6, 6.07) is 0.413. The zero-order valence-corrected chi connectivity index (χ0v) is 3.54. The molecule has 0 heterocycles. The van der Waals surface area contributed by atoms with E-state index in [0.29, 0.717) is 6.07 Å². The predicted octanol–water partition coefficient (Wildman–Crippen LogP) is 1.41. The lowest BCUT2D eigenvalue weighted by molar-refractivity contribution is -0.164. The number of rotatable bonds is 0. The summed E-state index contributed by atoms with van der Waals surface area (Å²) in [4.78, 5) is 0. The van der Waals surface area contributed by atoms with Gasteiger partial charge in [0.25, 0.3) is 6.17 Å². The molecule has 0 spiro atoms. The minimum absolute atomic E-state index is 0.413. The number of hydrogen-bond donors (Lipinski definition) is 0. The molecule has 0 aliphatic carbocycles. The first-order valence-corrected chi connectivity index (χ1v) is 1.59. The molecule has 0 rings (SSSR count). The molecule has 0 saturated carbocycles. The van der Waals surface area contributed by atoms with Gasteiger partial charge in [0.15, 0.2) is 0 Å². The highest BCUT2D eigenvalue weighted by Gasteiger charge is 2.40. The van der Waals surface area contributed by atoms with Crippen molar-refractivity contribution >= 4 is 0 Å². The molecule has 0 aliphatic heterocycles. The van der Waals surface area contributed by atoms with Crippen LogP contribution in [0.1, 0.15) is 0 Å². The second kappa shape index (κ2) is 1.99. The molecular formula is C3HF4N. The van der Waals surface area contributed by atoms with Crippen molar-refractivity contribution in [2.24, 2.45) is 0 Å². The van der Waals surface area contributed by atoms with Crippen molar-refractivity contribution in [2.45, 2.75) is 12.3 Å². The lowest BCUT2D eigenvalue weighted by Gasteiger charge is -2.01. The first-order valence-electron chi connectivity index (χ1n) is 1.59. The molecule has 0 aromatic heterocycles. The molecule has 0 fully saturated rings. The Labute approximate surface area is 42.5 Å². The second-order valence-corrected chi connectivity index (χ2v) is 1.03. The molecule has 46 valence electrons. The van der Waals surface area contributed by atoms with Crippen molar-refractivity contribution in [1.29, 1.82) is 5.26 Å². The number of halogens is 4. The molecule has 8 heavy (non-hydrogen) atoms. The van der Waals surface area contributed by atoms with Gasteiger partial charge in [0, 0.05) is 0 Å². The van der Waals surface area contributed by atoms with Crippen molar-refractivity contribution in [3.63, 3.8) is 0 Å². The Morgan fingerprint density at radius 2 is 1.75 bits per heavy atom. The quantitative estimate of drug-likeness (QED) is 0.451. The standard InChI is InChI=1S/C3HF4N/c4-2(1-8)3(5,6)7/h2H/t2-/m0/s1. The first kappa shape index (κ1) is 7.21. The molecule has 0 N–H and O–H groups in total. The fourth-order valence-corrected chi connectivity index (χ4v) is 0.0732. The van der Waals surface area contributed by atoms with Crippen LogP contribution in [0.15, 0.2) is 0 Å². The molecular weight excluding hydrogens is 126 g/mol. The van der Waals surface area contributed by atoms with E-state index in [0.717, 1.165) is 0 Å². The van der Waals surface area contributed by atoms with Gasteiger partial charge in [0.05, 0.1) is 0 Å². The Morgan fingerprint density at radius 3 is 1.75 bits per heavy atom. The van der Waals surface area contributed by atoms with Crippen LogP contribution in [0.25, 0.3) is 0 Å². The Balaban J connectivity index is 3.87. The molecule has 0 saturated heterocycles. The first-order chi connectivity index (χ1) is 3.48. The van der Waals surface area contributed by atoms with E-state index in [1.165, 1.54) is 0 Å². The number of alkyl halides is 4. The highest BCUT2D eigenvalue weighted by molar-refractivity contribution is 4.88. The SMILES string of the molecule is N#C[C@H](F)C(F)(F)F. The summed E-state index contributed by atoms with van der Waals surface area (Å²) in [5, 5.41) is 7.33. The van der Waals surface area contributed by atoms with E-state index in [4.69, 9.17) is 5.26 Å². The lowest BCUT2D eigenvalue weighted by atomic mass is 10.4. The van der Waals surface area contributed by atoms with Crippen molar-refractivity contribution in [3.8, 4) is 6.07 Å². The van der Waals surface area contributed by atoms with Gasteiger partial charge in [0.2, 0.25) is 0 Å². The monoisotopic (exact) mass is 127 g/mol. The van der Waals surface area contributed by atoms with E-state index in [1.54, 1.807) is 0 Å².